The molecule has 7 aromatic carbocycles. The Morgan fingerprint density at radius 3 is 1.76 bits per heavy atom. The van der Waals surface area contributed by atoms with Crippen LogP contribution < -0.4 is 4.90 Å². The van der Waals surface area contributed by atoms with Gasteiger partial charge in [-0.2, -0.15) is 0 Å². The standard InChI is InChI=1S/C47H32N2S/c1-2-11-33(12-3-1)34-22-24-35(25-23-34)36-26-28-40(29-27-36)49(44-19-9-21-46-47(44)42-17-5-7-20-45(42)50-46)43-18-6-4-16-41(43)38-14-8-13-37(31-38)39-15-10-30-48-32-39/h1-32H. The number of hydrogen-bond acceptors (Lipinski definition) is 3. The second-order valence-corrected chi connectivity index (χ2v) is 13.5. The summed E-state index contributed by atoms with van der Waals surface area (Å²) in [6, 6.07) is 65.5. The summed E-state index contributed by atoms with van der Waals surface area (Å²) in [6.45, 7) is 0. The average Bonchev–Trinajstić information content (AvgIpc) is 3.59. The molecule has 0 saturated carbocycles. The molecule has 9 aromatic rings. The van der Waals surface area contributed by atoms with Crippen molar-refractivity contribution in [1.29, 1.82) is 0 Å². The molecule has 0 radical (unpaired) electrons. The first kappa shape index (κ1) is 29.8. The molecule has 0 aliphatic heterocycles. The van der Waals surface area contributed by atoms with E-state index in [2.05, 4.69) is 186 Å². The molecule has 3 heteroatoms. The second kappa shape index (κ2) is 13.0. The van der Waals surface area contributed by atoms with Crippen molar-refractivity contribution in [1.82, 2.24) is 4.98 Å². The lowest BCUT2D eigenvalue weighted by Gasteiger charge is -2.29. The highest BCUT2D eigenvalue weighted by Gasteiger charge is 2.21. The van der Waals surface area contributed by atoms with Gasteiger partial charge in [0.1, 0.15) is 0 Å². The Bertz CT molecular complexity index is 2570. The minimum absolute atomic E-state index is 1.10. The zero-order chi connectivity index (χ0) is 33.3. The van der Waals surface area contributed by atoms with Gasteiger partial charge < -0.3 is 4.90 Å². The summed E-state index contributed by atoms with van der Waals surface area (Å²) in [4.78, 5) is 6.82. The fourth-order valence-electron chi connectivity index (χ4n) is 6.95. The van der Waals surface area contributed by atoms with E-state index in [1.165, 1.54) is 42.4 Å². The van der Waals surface area contributed by atoms with Gasteiger partial charge in [0.15, 0.2) is 0 Å². The highest BCUT2D eigenvalue weighted by molar-refractivity contribution is 7.26. The van der Waals surface area contributed by atoms with Gasteiger partial charge in [-0.25, -0.2) is 0 Å². The molecule has 0 N–H and O–H groups in total. The van der Waals surface area contributed by atoms with Crippen LogP contribution in [-0.2, 0) is 0 Å². The van der Waals surface area contributed by atoms with Crippen LogP contribution in [0.5, 0.6) is 0 Å². The van der Waals surface area contributed by atoms with Crippen molar-refractivity contribution < 1.29 is 0 Å². The number of hydrogen-bond donors (Lipinski definition) is 0. The lowest BCUT2D eigenvalue weighted by atomic mass is 9.97. The quantitative estimate of drug-likeness (QED) is 0.170. The van der Waals surface area contributed by atoms with Gasteiger partial charge in [-0.15, -0.1) is 11.3 Å². The first-order valence-electron chi connectivity index (χ1n) is 16.9. The van der Waals surface area contributed by atoms with E-state index in [4.69, 9.17) is 0 Å². The molecule has 0 aliphatic carbocycles. The summed E-state index contributed by atoms with van der Waals surface area (Å²) in [6.07, 6.45) is 3.75. The maximum absolute atomic E-state index is 4.38. The van der Waals surface area contributed by atoms with Gasteiger partial charge >= 0.3 is 0 Å². The molecule has 0 amide bonds. The lowest BCUT2D eigenvalue weighted by molar-refractivity contribution is 1.30. The van der Waals surface area contributed by atoms with Crippen molar-refractivity contribution in [2.45, 2.75) is 0 Å². The SMILES string of the molecule is c1ccc(-c2ccc(-c3ccc(N(c4ccccc4-c4cccc(-c5cccnc5)c4)c4cccc5sc6ccccc6c45)cc3)cc2)cc1. The Hall–Kier alpha value is -6.29. The Morgan fingerprint density at radius 2 is 0.980 bits per heavy atom. The molecule has 236 valence electrons. The lowest BCUT2D eigenvalue weighted by Crippen LogP contribution is -2.11. The average molecular weight is 657 g/mol. The van der Waals surface area contributed by atoms with Crippen molar-refractivity contribution in [2.24, 2.45) is 0 Å². The van der Waals surface area contributed by atoms with Crippen molar-refractivity contribution >= 4 is 48.6 Å². The van der Waals surface area contributed by atoms with Crippen LogP contribution in [0, 0.1) is 0 Å². The topological polar surface area (TPSA) is 16.1 Å². The Balaban J connectivity index is 1.19. The maximum Gasteiger partial charge on any atom is 0.0555 e. The molecule has 0 saturated heterocycles. The molecule has 2 heterocycles. The molecule has 9 rings (SSSR count). The molecule has 2 nitrogen and oxygen atoms in total. The van der Waals surface area contributed by atoms with Crippen LogP contribution in [0.2, 0.25) is 0 Å². The fourth-order valence-corrected chi connectivity index (χ4v) is 8.08. The third kappa shape index (κ3) is 5.54. The monoisotopic (exact) mass is 656 g/mol. The Kier molecular flexibility index (Phi) is 7.73. The van der Waals surface area contributed by atoms with Gasteiger partial charge in [-0.3, -0.25) is 4.98 Å². The molecular weight excluding hydrogens is 625 g/mol. The van der Waals surface area contributed by atoms with Crippen LogP contribution in [0.15, 0.2) is 194 Å². The molecule has 0 spiro atoms. The smallest absolute Gasteiger partial charge is 0.0555 e. The van der Waals surface area contributed by atoms with Crippen LogP contribution in [0.25, 0.3) is 64.7 Å². The predicted molar refractivity (Wildman–Crippen MR) is 214 cm³/mol. The van der Waals surface area contributed by atoms with Gasteiger partial charge in [0, 0.05) is 49.4 Å². The van der Waals surface area contributed by atoms with E-state index in [-0.39, 0.29) is 0 Å². The van der Waals surface area contributed by atoms with E-state index < -0.39 is 0 Å². The number of thiophene rings is 1. The number of fused-ring (bicyclic) bond motifs is 3. The minimum atomic E-state index is 1.10. The third-order valence-corrected chi connectivity index (χ3v) is 10.5. The molecular formula is C47H32N2S. The summed E-state index contributed by atoms with van der Waals surface area (Å²) in [7, 11) is 0. The van der Waals surface area contributed by atoms with Crippen LogP contribution in [0.1, 0.15) is 0 Å². The first-order chi connectivity index (χ1) is 24.8. The summed E-state index contributed by atoms with van der Waals surface area (Å²) in [5.74, 6) is 0. The van der Waals surface area contributed by atoms with Gasteiger partial charge in [-0.1, -0.05) is 133 Å². The number of aromatic nitrogens is 1. The zero-order valence-corrected chi connectivity index (χ0v) is 28.1. The predicted octanol–water partition coefficient (Wildman–Crippen LogP) is 13.6. The molecule has 0 atom stereocenters. The Morgan fingerprint density at radius 1 is 0.400 bits per heavy atom. The number of para-hydroxylation sites is 1. The number of nitrogens with zero attached hydrogens (tertiary/aromatic N) is 2. The van der Waals surface area contributed by atoms with Crippen molar-refractivity contribution in [3.63, 3.8) is 0 Å². The Labute approximate surface area is 296 Å². The highest BCUT2D eigenvalue weighted by Crippen LogP contribution is 2.47. The summed E-state index contributed by atoms with van der Waals surface area (Å²) in [5, 5.41) is 2.55. The summed E-state index contributed by atoms with van der Waals surface area (Å²) in [5.41, 5.74) is 12.8. The normalized spacial score (nSPS) is 11.2. The number of rotatable bonds is 7. The molecule has 0 aliphatic rings. The molecule has 50 heavy (non-hydrogen) atoms. The van der Waals surface area contributed by atoms with Crippen molar-refractivity contribution in [3.8, 4) is 44.5 Å². The third-order valence-electron chi connectivity index (χ3n) is 9.39. The molecule has 0 bridgehead atoms. The fraction of sp³-hybridized carbons (Fsp3) is 0. The minimum Gasteiger partial charge on any atom is -0.309 e. The number of benzene rings is 7. The maximum atomic E-state index is 4.38. The van der Waals surface area contributed by atoms with Gasteiger partial charge in [-0.05, 0) is 81.9 Å². The summed E-state index contributed by atoms with van der Waals surface area (Å²) < 4.78 is 2.57. The van der Waals surface area contributed by atoms with E-state index in [0.717, 1.165) is 39.3 Å². The van der Waals surface area contributed by atoms with E-state index in [1.54, 1.807) is 0 Å². The second-order valence-electron chi connectivity index (χ2n) is 12.4. The van der Waals surface area contributed by atoms with Crippen molar-refractivity contribution in [3.05, 3.63) is 194 Å². The van der Waals surface area contributed by atoms with Gasteiger partial charge in [0.05, 0.1) is 11.4 Å². The van der Waals surface area contributed by atoms with Crippen LogP contribution in [0.4, 0.5) is 17.1 Å². The zero-order valence-electron chi connectivity index (χ0n) is 27.3. The largest absolute Gasteiger partial charge is 0.309 e. The molecule has 0 unspecified atom stereocenters. The molecule has 0 fully saturated rings. The number of anilines is 3. The molecule has 2 aromatic heterocycles. The number of pyridine rings is 1. The summed E-state index contributed by atoms with van der Waals surface area (Å²) >= 11 is 1.85. The van der Waals surface area contributed by atoms with Crippen molar-refractivity contribution in [2.75, 3.05) is 4.90 Å². The first-order valence-corrected chi connectivity index (χ1v) is 17.7. The van der Waals surface area contributed by atoms with E-state index in [1.807, 2.05) is 29.8 Å². The van der Waals surface area contributed by atoms with E-state index >= 15 is 0 Å². The van der Waals surface area contributed by atoms with Crippen LogP contribution >= 0.6 is 11.3 Å². The van der Waals surface area contributed by atoms with Crippen LogP contribution in [-0.4, -0.2) is 4.98 Å². The van der Waals surface area contributed by atoms with Gasteiger partial charge in [0.2, 0.25) is 0 Å². The highest BCUT2D eigenvalue weighted by atomic mass is 32.1. The van der Waals surface area contributed by atoms with Crippen LogP contribution in [0.3, 0.4) is 0 Å². The van der Waals surface area contributed by atoms with E-state index in [0.29, 0.717) is 0 Å². The van der Waals surface area contributed by atoms with Gasteiger partial charge in [0.25, 0.3) is 0 Å². The van der Waals surface area contributed by atoms with E-state index in [9.17, 15) is 0 Å².